The van der Waals surface area contributed by atoms with Gasteiger partial charge in [0.05, 0.1) is 10.6 Å². The highest BCUT2D eigenvalue weighted by Crippen LogP contribution is 2.32. The number of anilines is 1. The largest absolute Gasteiger partial charge is 0.369 e. The molecule has 0 saturated carbocycles. The summed E-state index contributed by atoms with van der Waals surface area (Å²) in [5.74, 6) is 0.424. The second-order valence-corrected chi connectivity index (χ2v) is 7.02. The van der Waals surface area contributed by atoms with Crippen LogP contribution in [0.25, 0.3) is 27.0 Å². The van der Waals surface area contributed by atoms with E-state index in [4.69, 9.17) is 17.3 Å². The molecule has 114 valence electrons. The zero-order valence-corrected chi connectivity index (χ0v) is 14.2. The molecule has 0 radical (unpaired) electrons. The number of hydrogen-bond donors (Lipinski definition) is 1. The predicted molar refractivity (Wildman–Crippen MR) is 97.4 cm³/mol. The summed E-state index contributed by atoms with van der Waals surface area (Å²) < 4.78 is 1.81. The van der Waals surface area contributed by atoms with Gasteiger partial charge in [-0.1, -0.05) is 35.9 Å². The zero-order valence-electron chi connectivity index (χ0n) is 11.8. The Kier molecular flexibility index (Phi) is 3.65. The highest BCUT2D eigenvalue weighted by Gasteiger charge is 2.14. The molecule has 0 aliphatic rings. The molecule has 3 aromatic heterocycles. The number of nitrogen functional groups attached to an aromatic ring is 1. The average molecular weight is 359 g/mol. The van der Waals surface area contributed by atoms with Gasteiger partial charge in [-0.2, -0.15) is 0 Å². The summed E-state index contributed by atoms with van der Waals surface area (Å²) in [6.45, 7) is 0. The number of aromatic nitrogens is 3. The first-order valence-electron chi connectivity index (χ1n) is 6.82. The Hall–Kier alpha value is -2.15. The maximum absolute atomic E-state index is 6.24. The molecule has 0 aliphatic heterocycles. The van der Waals surface area contributed by atoms with Gasteiger partial charge in [0.15, 0.2) is 5.13 Å². The monoisotopic (exact) mass is 358 g/mol. The Balaban J connectivity index is 1.74. The van der Waals surface area contributed by atoms with Crippen LogP contribution in [0, 0.1) is 0 Å². The van der Waals surface area contributed by atoms with Gasteiger partial charge in [-0.15, -0.1) is 22.7 Å². The van der Waals surface area contributed by atoms with Gasteiger partial charge < -0.3 is 5.73 Å². The quantitative estimate of drug-likeness (QED) is 0.563. The van der Waals surface area contributed by atoms with E-state index in [1.165, 1.54) is 11.3 Å². The molecule has 7 heteroatoms. The second-order valence-electron chi connectivity index (χ2n) is 4.83. The summed E-state index contributed by atoms with van der Waals surface area (Å²) in [6, 6.07) is 11.7. The molecule has 0 fully saturated rings. The Labute approximate surface area is 145 Å². The van der Waals surface area contributed by atoms with Crippen molar-refractivity contribution in [2.75, 3.05) is 5.73 Å². The van der Waals surface area contributed by atoms with Crippen LogP contribution in [-0.2, 0) is 0 Å². The van der Waals surface area contributed by atoms with Crippen LogP contribution >= 0.6 is 34.3 Å². The van der Waals surface area contributed by atoms with Gasteiger partial charge in [-0.05, 0) is 17.5 Å². The molecule has 4 rings (SSSR count). The van der Waals surface area contributed by atoms with E-state index in [9.17, 15) is 0 Å². The SMILES string of the molecule is Nc1nc(-c2cccs2)cn1-c1nc(-c2ccccc2Cl)cs1. The molecule has 4 nitrogen and oxygen atoms in total. The van der Waals surface area contributed by atoms with E-state index >= 15 is 0 Å². The number of hydrogen-bond acceptors (Lipinski definition) is 5. The molecular weight excluding hydrogens is 348 g/mol. The molecular formula is C16H11ClN4S2. The molecule has 0 bridgehead atoms. The van der Waals surface area contributed by atoms with E-state index in [-0.39, 0.29) is 0 Å². The minimum atomic E-state index is 0.424. The van der Waals surface area contributed by atoms with Crippen molar-refractivity contribution in [1.29, 1.82) is 0 Å². The molecule has 1 aromatic carbocycles. The summed E-state index contributed by atoms with van der Waals surface area (Å²) in [4.78, 5) is 10.2. The van der Waals surface area contributed by atoms with E-state index in [2.05, 4.69) is 9.97 Å². The molecule has 3 heterocycles. The smallest absolute Gasteiger partial charge is 0.207 e. The number of halogens is 1. The summed E-state index contributed by atoms with van der Waals surface area (Å²) in [7, 11) is 0. The van der Waals surface area contributed by atoms with Crippen LogP contribution in [0.15, 0.2) is 53.4 Å². The summed E-state index contributed by atoms with van der Waals surface area (Å²) in [5, 5.41) is 5.44. The maximum atomic E-state index is 6.24. The molecule has 2 N–H and O–H groups in total. The van der Waals surface area contributed by atoms with Crippen molar-refractivity contribution in [3.63, 3.8) is 0 Å². The lowest BCUT2D eigenvalue weighted by atomic mass is 10.2. The fourth-order valence-corrected chi connectivity index (χ4v) is 3.98. The van der Waals surface area contributed by atoms with E-state index < -0.39 is 0 Å². The van der Waals surface area contributed by atoms with Crippen molar-refractivity contribution >= 4 is 40.2 Å². The fourth-order valence-electron chi connectivity index (χ4n) is 2.26. The number of thiophene rings is 1. The van der Waals surface area contributed by atoms with Crippen molar-refractivity contribution in [2.24, 2.45) is 0 Å². The first kappa shape index (κ1) is 14.4. The van der Waals surface area contributed by atoms with Crippen molar-refractivity contribution in [1.82, 2.24) is 14.5 Å². The number of benzene rings is 1. The summed E-state index contributed by atoms with van der Waals surface area (Å²) in [5.41, 5.74) is 8.65. The Bertz CT molecular complexity index is 956. The van der Waals surface area contributed by atoms with E-state index in [0.29, 0.717) is 11.0 Å². The molecule has 0 saturated heterocycles. The van der Waals surface area contributed by atoms with Gasteiger partial charge in [0.25, 0.3) is 0 Å². The third-order valence-corrected chi connectivity index (χ3v) is 5.42. The zero-order chi connectivity index (χ0) is 15.8. The highest BCUT2D eigenvalue weighted by atomic mass is 35.5. The lowest BCUT2D eigenvalue weighted by Crippen LogP contribution is -1.98. The summed E-state index contributed by atoms with van der Waals surface area (Å²) >= 11 is 9.38. The van der Waals surface area contributed by atoms with E-state index in [1.807, 2.05) is 53.4 Å². The maximum Gasteiger partial charge on any atom is 0.207 e. The molecule has 4 aromatic rings. The molecule has 23 heavy (non-hydrogen) atoms. The first-order valence-corrected chi connectivity index (χ1v) is 8.95. The van der Waals surface area contributed by atoms with Crippen LogP contribution in [0.5, 0.6) is 0 Å². The van der Waals surface area contributed by atoms with E-state index in [1.54, 1.807) is 15.9 Å². The number of nitrogens with zero attached hydrogens (tertiary/aromatic N) is 3. The van der Waals surface area contributed by atoms with E-state index in [0.717, 1.165) is 27.0 Å². The normalized spacial score (nSPS) is 11.0. The van der Waals surface area contributed by atoms with Gasteiger partial charge in [-0.3, -0.25) is 4.57 Å². The van der Waals surface area contributed by atoms with Crippen molar-refractivity contribution in [3.05, 3.63) is 58.4 Å². The van der Waals surface area contributed by atoms with Crippen LogP contribution in [0.4, 0.5) is 5.95 Å². The highest BCUT2D eigenvalue weighted by molar-refractivity contribution is 7.13. The Morgan fingerprint density at radius 3 is 2.65 bits per heavy atom. The number of rotatable bonds is 3. The lowest BCUT2D eigenvalue weighted by Gasteiger charge is -2.00. The molecule has 0 unspecified atom stereocenters. The van der Waals surface area contributed by atoms with Crippen LogP contribution in [0.1, 0.15) is 0 Å². The number of nitrogens with two attached hydrogens (primary N) is 1. The van der Waals surface area contributed by atoms with Gasteiger partial charge in [-0.25, -0.2) is 9.97 Å². The van der Waals surface area contributed by atoms with Crippen LogP contribution in [-0.4, -0.2) is 14.5 Å². The molecule has 0 spiro atoms. The van der Waals surface area contributed by atoms with Crippen molar-refractivity contribution in [2.45, 2.75) is 0 Å². The molecule has 0 aliphatic carbocycles. The Morgan fingerprint density at radius 1 is 1.00 bits per heavy atom. The van der Waals surface area contributed by atoms with Gasteiger partial charge >= 0.3 is 0 Å². The minimum Gasteiger partial charge on any atom is -0.369 e. The standard InChI is InChI=1S/C16H11ClN4S2/c17-11-5-2-1-4-10(11)13-9-23-16(20-13)21-8-12(19-15(21)18)14-6-3-7-22-14/h1-9H,(H2,18,19). The van der Waals surface area contributed by atoms with Crippen LogP contribution < -0.4 is 5.73 Å². The number of imidazole rings is 1. The predicted octanol–water partition coefficient (Wildman–Crippen LogP) is 4.96. The number of thiazole rings is 1. The third kappa shape index (κ3) is 2.65. The lowest BCUT2D eigenvalue weighted by molar-refractivity contribution is 1.05. The van der Waals surface area contributed by atoms with Crippen molar-refractivity contribution < 1.29 is 0 Å². The van der Waals surface area contributed by atoms with Crippen LogP contribution in [0.3, 0.4) is 0 Å². The average Bonchev–Trinajstić information content (AvgIpc) is 3.27. The van der Waals surface area contributed by atoms with Gasteiger partial charge in [0.1, 0.15) is 5.69 Å². The topological polar surface area (TPSA) is 56.7 Å². The summed E-state index contributed by atoms with van der Waals surface area (Å²) in [6.07, 6.45) is 1.91. The fraction of sp³-hybridized carbons (Fsp3) is 0. The Morgan fingerprint density at radius 2 is 1.87 bits per heavy atom. The minimum absolute atomic E-state index is 0.424. The molecule has 0 atom stereocenters. The van der Waals surface area contributed by atoms with Gasteiger partial charge in [0.2, 0.25) is 5.95 Å². The van der Waals surface area contributed by atoms with Gasteiger partial charge in [0, 0.05) is 22.2 Å². The molecule has 0 amide bonds. The van der Waals surface area contributed by atoms with Crippen LogP contribution in [0.2, 0.25) is 5.02 Å². The third-order valence-electron chi connectivity index (χ3n) is 3.35. The van der Waals surface area contributed by atoms with Crippen molar-refractivity contribution in [3.8, 4) is 27.0 Å². The first-order chi connectivity index (χ1) is 11.2. The second kappa shape index (κ2) is 5.81.